The van der Waals surface area contributed by atoms with Crippen molar-refractivity contribution in [3.63, 3.8) is 0 Å². The van der Waals surface area contributed by atoms with Crippen molar-refractivity contribution in [3.8, 4) is 0 Å². The van der Waals surface area contributed by atoms with E-state index >= 15 is 0 Å². The summed E-state index contributed by atoms with van der Waals surface area (Å²) >= 11 is 0. The predicted octanol–water partition coefficient (Wildman–Crippen LogP) is 0.769. The number of rotatable bonds is 5. The van der Waals surface area contributed by atoms with Gasteiger partial charge in [-0.3, -0.25) is 14.5 Å². The molecular weight excluding hydrogens is 204 g/mol. The van der Waals surface area contributed by atoms with E-state index in [0.717, 1.165) is 6.54 Å². The number of likely N-dealkylation sites (tertiary alicyclic amines) is 1. The molecule has 1 N–H and O–H groups in total. The molecule has 0 aromatic carbocycles. The zero-order valence-corrected chi connectivity index (χ0v) is 10.0. The van der Waals surface area contributed by atoms with Crippen molar-refractivity contribution in [2.75, 3.05) is 13.1 Å². The molecule has 2 atom stereocenters. The van der Waals surface area contributed by atoms with Crippen molar-refractivity contribution in [1.29, 1.82) is 0 Å². The molecule has 0 aromatic rings. The Morgan fingerprint density at radius 3 is 2.62 bits per heavy atom. The Balaban J connectivity index is 1.78. The van der Waals surface area contributed by atoms with Crippen molar-refractivity contribution in [2.24, 2.45) is 11.8 Å². The molecule has 1 aliphatic heterocycles. The van der Waals surface area contributed by atoms with Crippen LogP contribution in [0.3, 0.4) is 0 Å². The lowest BCUT2D eigenvalue weighted by Crippen LogP contribution is -2.37. The minimum atomic E-state index is -0.115. The van der Waals surface area contributed by atoms with Crippen LogP contribution in [0.5, 0.6) is 0 Å². The van der Waals surface area contributed by atoms with E-state index in [0.29, 0.717) is 24.9 Å². The SMILES string of the molecule is CC(CNC1CC1)CN1C(=O)CC(C)C1=O. The van der Waals surface area contributed by atoms with Crippen LogP contribution in [0, 0.1) is 11.8 Å². The summed E-state index contributed by atoms with van der Waals surface area (Å²) in [5.74, 6) is 0.230. The monoisotopic (exact) mass is 224 g/mol. The average molecular weight is 224 g/mol. The van der Waals surface area contributed by atoms with Gasteiger partial charge in [-0.2, -0.15) is 0 Å². The largest absolute Gasteiger partial charge is 0.314 e. The molecule has 2 aliphatic rings. The molecule has 0 aromatic heterocycles. The molecule has 2 amide bonds. The lowest BCUT2D eigenvalue weighted by molar-refractivity contribution is -0.139. The highest BCUT2D eigenvalue weighted by molar-refractivity contribution is 6.03. The Morgan fingerprint density at radius 2 is 2.12 bits per heavy atom. The van der Waals surface area contributed by atoms with Crippen molar-refractivity contribution >= 4 is 11.8 Å². The minimum absolute atomic E-state index is 0.00303. The maximum atomic E-state index is 11.7. The molecule has 16 heavy (non-hydrogen) atoms. The summed E-state index contributed by atoms with van der Waals surface area (Å²) in [6.07, 6.45) is 2.93. The fourth-order valence-corrected chi connectivity index (χ4v) is 2.07. The average Bonchev–Trinajstić information content (AvgIpc) is 3.01. The molecule has 1 aliphatic carbocycles. The molecule has 1 saturated heterocycles. The molecule has 0 radical (unpaired) electrons. The molecule has 0 bridgehead atoms. The van der Waals surface area contributed by atoms with E-state index in [-0.39, 0.29) is 17.7 Å². The van der Waals surface area contributed by atoms with Crippen molar-refractivity contribution < 1.29 is 9.59 Å². The Kier molecular flexibility index (Phi) is 3.28. The summed E-state index contributed by atoms with van der Waals surface area (Å²) in [6, 6.07) is 0.686. The second kappa shape index (κ2) is 4.53. The van der Waals surface area contributed by atoms with Crippen LogP contribution in [0.15, 0.2) is 0 Å². The van der Waals surface area contributed by atoms with Crippen LogP contribution in [0.1, 0.15) is 33.1 Å². The summed E-state index contributed by atoms with van der Waals surface area (Å²) in [5.41, 5.74) is 0. The van der Waals surface area contributed by atoms with Crippen LogP contribution in [-0.4, -0.2) is 35.8 Å². The number of nitrogens with zero attached hydrogens (tertiary/aromatic N) is 1. The zero-order chi connectivity index (χ0) is 11.7. The van der Waals surface area contributed by atoms with E-state index < -0.39 is 0 Å². The number of carbonyl (C=O) groups excluding carboxylic acids is 2. The quantitative estimate of drug-likeness (QED) is 0.702. The number of amides is 2. The van der Waals surface area contributed by atoms with Gasteiger partial charge < -0.3 is 5.32 Å². The minimum Gasteiger partial charge on any atom is -0.314 e. The highest BCUT2D eigenvalue weighted by Gasteiger charge is 2.36. The Bertz CT molecular complexity index is 299. The van der Waals surface area contributed by atoms with Gasteiger partial charge in [-0.15, -0.1) is 0 Å². The molecule has 2 rings (SSSR count). The first-order valence-corrected chi connectivity index (χ1v) is 6.15. The van der Waals surface area contributed by atoms with Crippen molar-refractivity contribution in [1.82, 2.24) is 10.2 Å². The van der Waals surface area contributed by atoms with Gasteiger partial charge in [-0.25, -0.2) is 0 Å². The third kappa shape index (κ3) is 2.61. The summed E-state index contributed by atoms with van der Waals surface area (Å²) < 4.78 is 0. The van der Waals surface area contributed by atoms with Crippen molar-refractivity contribution in [2.45, 2.75) is 39.2 Å². The lowest BCUT2D eigenvalue weighted by atomic mass is 10.1. The lowest BCUT2D eigenvalue weighted by Gasteiger charge is -2.19. The van der Waals surface area contributed by atoms with Gasteiger partial charge in [0.15, 0.2) is 0 Å². The highest BCUT2D eigenvalue weighted by atomic mass is 16.2. The van der Waals surface area contributed by atoms with Crippen LogP contribution in [0.25, 0.3) is 0 Å². The van der Waals surface area contributed by atoms with Gasteiger partial charge in [0.05, 0.1) is 0 Å². The second-order valence-corrected chi connectivity index (χ2v) is 5.24. The van der Waals surface area contributed by atoms with Crippen LogP contribution in [-0.2, 0) is 9.59 Å². The summed E-state index contributed by atoms with van der Waals surface area (Å²) in [7, 11) is 0. The van der Waals surface area contributed by atoms with Gasteiger partial charge in [0, 0.05) is 24.9 Å². The number of imide groups is 1. The topological polar surface area (TPSA) is 49.4 Å². The molecular formula is C12H20N2O2. The molecule has 2 unspecified atom stereocenters. The summed E-state index contributed by atoms with van der Waals surface area (Å²) in [5, 5.41) is 3.42. The third-order valence-electron chi connectivity index (χ3n) is 3.30. The van der Waals surface area contributed by atoms with E-state index in [1.54, 1.807) is 0 Å². The van der Waals surface area contributed by atoms with Crippen LogP contribution >= 0.6 is 0 Å². The van der Waals surface area contributed by atoms with Gasteiger partial charge in [0.1, 0.15) is 0 Å². The highest BCUT2D eigenvalue weighted by Crippen LogP contribution is 2.21. The van der Waals surface area contributed by atoms with Crippen LogP contribution in [0.4, 0.5) is 0 Å². The first-order chi connectivity index (χ1) is 7.58. The molecule has 2 fully saturated rings. The first-order valence-electron chi connectivity index (χ1n) is 6.15. The normalized spacial score (nSPS) is 27.6. The maximum Gasteiger partial charge on any atom is 0.232 e. The van der Waals surface area contributed by atoms with E-state index in [1.165, 1.54) is 17.7 Å². The van der Waals surface area contributed by atoms with Gasteiger partial charge >= 0.3 is 0 Å². The predicted molar refractivity (Wildman–Crippen MR) is 60.7 cm³/mol. The Hall–Kier alpha value is -0.900. The standard InChI is InChI=1S/C12H20N2O2/c1-8(6-13-10-3-4-10)7-14-11(15)5-9(2)12(14)16/h8-10,13H,3-7H2,1-2H3. The van der Waals surface area contributed by atoms with Gasteiger partial charge in [0.2, 0.25) is 11.8 Å². The van der Waals surface area contributed by atoms with E-state index in [4.69, 9.17) is 0 Å². The fourth-order valence-electron chi connectivity index (χ4n) is 2.07. The molecule has 0 spiro atoms. The molecule has 4 nitrogen and oxygen atoms in total. The summed E-state index contributed by atoms with van der Waals surface area (Å²) in [6.45, 7) is 5.38. The van der Waals surface area contributed by atoms with Gasteiger partial charge in [-0.05, 0) is 25.3 Å². The van der Waals surface area contributed by atoms with Gasteiger partial charge in [-0.1, -0.05) is 13.8 Å². The maximum absolute atomic E-state index is 11.7. The van der Waals surface area contributed by atoms with Crippen LogP contribution in [0.2, 0.25) is 0 Å². The van der Waals surface area contributed by atoms with Crippen molar-refractivity contribution in [3.05, 3.63) is 0 Å². The smallest absolute Gasteiger partial charge is 0.232 e. The number of nitrogens with one attached hydrogen (secondary N) is 1. The van der Waals surface area contributed by atoms with E-state index in [9.17, 15) is 9.59 Å². The van der Waals surface area contributed by atoms with E-state index in [2.05, 4.69) is 12.2 Å². The van der Waals surface area contributed by atoms with E-state index in [1.807, 2.05) is 6.92 Å². The number of hydrogen-bond donors (Lipinski definition) is 1. The number of carbonyl (C=O) groups is 2. The third-order valence-corrected chi connectivity index (χ3v) is 3.30. The molecule has 4 heteroatoms. The first kappa shape index (κ1) is 11.6. The van der Waals surface area contributed by atoms with Gasteiger partial charge in [0.25, 0.3) is 0 Å². The fraction of sp³-hybridized carbons (Fsp3) is 0.833. The molecule has 1 heterocycles. The molecule has 1 saturated carbocycles. The second-order valence-electron chi connectivity index (χ2n) is 5.24. The number of hydrogen-bond acceptors (Lipinski definition) is 3. The Morgan fingerprint density at radius 1 is 1.44 bits per heavy atom. The summed E-state index contributed by atoms with van der Waals surface area (Å²) in [4.78, 5) is 24.7. The Labute approximate surface area is 96.4 Å². The van der Waals surface area contributed by atoms with Crippen LogP contribution < -0.4 is 5.32 Å². The molecule has 90 valence electrons. The zero-order valence-electron chi connectivity index (χ0n) is 10.0.